The lowest BCUT2D eigenvalue weighted by atomic mass is 10.0. The van der Waals surface area contributed by atoms with Gasteiger partial charge in [-0.25, -0.2) is 13.4 Å². The van der Waals surface area contributed by atoms with Gasteiger partial charge in [0.25, 0.3) is 0 Å². The van der Waals surface area contributed by atoms with E-state index >= 15 is 0 Å². The first-order valence-corrected chi connectivity index (χ1v) is 12.9. The van der Waals surface area contributed by atoms with Crippen molar-refractivity contribution in [1.82, 2.24) is 9.97 Å². The molecule has 8 heteroatoms. The van der Waals surface area contributed by atoms with E-state index in [1.54, 1.807) is 24.4 Å². The van der Waals surface area contributed by atoms with Crippen molar-refractivity contribution in [3.05, 3.63) is 71.7 Å². The smallest absolute Gasteiger partial charge is 0.229 e. The molecule has 0 amide bonds. The van der Waals surface area contributed by atoms with Crippen LogP contribution in [0.25, 0.3) is 16.8 Å². The number of nitrogens with one attached hydrogen (secondary N) is 1. The topological polar surface area (TPSA) is 84.4 Å². The van der Waals surface area contributed by atoms with Gasteiger partial charge in [-0.15, -0.1) is 0 Å². The number of hydrogen-bond donors (Lipinski definition) is 1. The standard InChI is InChI=1S/C25H26N4O3S/c1-16(2)29-11-12-32-24-10-7-17(14-23(24)29)20-8-9-21-25(20)27-22(15-26-21)18-5-4-6-19(13-18)28-33(3,30)31/h4-8,10,13-16,28H,9,11-12H2,1-3H3. The lowest BCUT2D eigenvalue weighted by Gasteiger charge is -2.34. The molecule has 1 N–H and O–H groups in total. The molecule has 0 radical (unpaired) electrons. The minimum atomic E-state index is -3.36. The molecule has 2 aliphatic rings. The Labute approximate surface area is 194 Å². The number of sulfonamides is 1. The predicted molar refractivity (Wildman–Crippen MR) is 131 cm³/mol. The molecule has 1 aliphatic carbocycles. The third-order valence-corrected chi connectivity index (χ3v) is 6.46. The van der Waals surface area contributed by atoms with Crippen LogP contribution in [0.4, 0.5) is 11.4 Å². The molecule has 0 saturated carbocycles. The van der Waals surface area contributed by atoms with Crippen molar-refractivity contribution < 1.29 is 13.2 Å². The van der Waals surface area contributed by atoms with E-state index in [0.29, 0.717) is 24.0 Å². The van der Waals surface area contributed by atoms with Crippen LogP contribution in [0.2, 0.25) is 0 Å². The fourth-order valence-corrected chi connectivity index (χ4v) is 4.92. The summed E-state index contributed by atoms with van der Waals surface area (Å²) >= 11 is 0. The van der Waals surface area contributed by atoms with Gasteiger partial charge in [-0.3, -0.25) is 9.71 Å². The number of fused-ring (bicyclic) bond motifs is 2. The summed E-state index contributed by atoms with van der Waals surface area (Å²) in [5.41, 5.74) is 7.04. The average molecular weight is 463 g/mol. The Morgan fingerprint density at radius 2 is 1.97 bits per heavy atom. The second kappa shape index (κ2) is 8.19. The maximum absolute atomic E-state index is 11.6. The minimum Gasteiger partial charge on any atom is -0.490 e. The molecule has 0 atom stereocenters. The van der Waals surface area contributed by atoms with Gasteiger partial charge < -0.3 is 9.64 Å². The maximum atomic E-state index is 11.6. The second-order valence-electron chi connectivity index (χ2n) is 8.65. The molecule has 5 rings (SSSR count). The van der Waals surface area contributed by atoms with Crippen molar-refractivity contribution in [3.63, 3.8) is 0 Å². The van der Waals surface area contributed by atoms with Gasteiger partial charge in [0, 0.05) is 29.3 Å². The fraction of sp³-hybridized carbons (Fsp3) is 0.280. The Morgan fingerprint density at radius 3 is 2.76 bits per heavy atom. The highest BCUT2D eigenvalue weighted by molar-refractivity contribution is 7.92. The molecule has 2 heterocycles. The summed E-state index contributed by atoms with van der Waals surface area (Å²) in [6.45, 7) is 5.94. The molecule has 0 unspecified atom stereocenters. The number of aromatic nitrogens is 2. The zero-order valence-electron chi connectivity index (χ0n) is 18.9. The van der Waals surface area contributed by atoms with Crippen LogP contribution in [0.5, 0.6) is 5.75 Å². The lowest BCUT2D eigenvalue weighted by Crippen LogP contribution is -2.37. The predicted octanol–water partition coefficient (Wildman–Crippen LogP) is 4.11. The molecule has 0 saturated heterocycles. The summed E-state index contributed by atoms with van der Waals surface area (Å²) in [5.74, 6) is 0.910. The number of benzene rings is 2. The first-order chi connectivity index (χ1) is 15.8. The summed E-state index contributed by atoms with van der Waals surface area (Å²) in [6, 6.07) is 13.9. The van der Waals surface area contributed by atoms with Gasteiger partial charge in [-0.05, 0) is 43.7 Å². The molecule has 1 aromatic heterocycles. The van der Waals surface area contributed by atoms with Crippen molar-refractivity contribution in [1.29, 1.82) is 0 Å². The summed E-state index contributed by atoms with van der Waals surface area (Å²) in [7, 11) is -3.36. The van der Waals surface area contributed by atoms with Crippen LogP contribution in [-0.2, 0) is 16.4 Å². The molecule has 0 spiro atoms. The lowest BCUT2D eigenvalue weighted by molar-refractivity contribution is 0.303. The van der Waals surface area contributed by atoms with Crippen LogP contribution >= 0.6 is 0 Å². The van der Waals surface area contributed by atoms with Crippen LogP contribution in [0.3, 0.4) is 0 Å². The van der Waals surface area contributed by atoms with E-state index in [-0.39, 0.29) is 0 Å². The van der Waals surface area contributed by atoms with Crippen molar-refractivity contribution in [2.75, 3.05) is 29.0 Å². The highest BCUT2D eigenvalue weighted by atomic mass is 32.2. The molecule has 3 aromatic rings. The second-order valence-corrected chi connectivity index (χ2v) is 10.4. The zero-order chi connectivity index (χ0) is 23.2. The average Bonchev–Trinajstić information content (AvgIpc) is 3.20. The van der Waals surface area contributed by atoms with E-state index in [9.17, 15) is 8.42 Å². The van der Waals surface area contributed by atoms with Crippen molar-refractivity contribution in [2.45, 2.75) is 26.3 Å². The third kappa shape index (κ3) is 4.30. The normalized spacial score (nSPS) is 15.0. The molecule has 0 bridgehead atoms. The van der Waals surface area contributed by atoms with Gasteiger partial charge >= 0.3 is 0 Å². The Bertz CT molecular complexity index is 1370. The summed E-state index contributed by atoms with van der Waals surface area (Å²) in [5, 5.41) is 0. The third-order valence-electron chi connectivity index (χ3n) is 5.86. The molecule has 170 valence electrons. The molecule has 7 nitrogen and oxygen atoms in total. The van der Waals surface area contributed by atoms with Gasteiger partial charge in [0.1, 0.15) is 12.4 Å². The molecule has 33 heavy (non-hydrogen) atoms. The summed E-state index contributed by atoms with van der Waals surface area (Å²) < 4.78 is 31.6. The monoisotopic (exact) mass is 462 g/mol. The first-order valence-electron chi connectivity index (χ1n) is 11.0. The number of hydrogen-bond acceptors (Lipinski definition) is 6. The van der Waals surface area contributed by atoms with Gasteiger partial charge in [-0.1, -0.05) is 24.3 Å². The van der Waals surface area contributed by atoms with Crippen LogP contribution in [-0.4, -0.2) is 43.8 Å². The number of allylic oxidation sites excluding steroid dienone is 1. The number of rotatable bonds is 5. The van der Waals surface area contributed by atoms with E-state index < -0.39 is 10.0 Å². The van der Waals surface area contributed by atoms with Crippen molar-refractivity contribution >= 4 is 27.0 Å². The maximum Gasteiger partial charge on any atom is 0.229 e. The quantitative estimate of drug-likeness (QED) is 0.614. The Kier molecular flexibility index (Phi) is 5.32. The number of nitrogens with zero attached hydrogens (tertiary/aromatic N) is 3. The van der Waals surface area contributed by atoms with Gasteiger partial charge in [-0.2, -0.15) is 0 Å². The summed E-state index contributed by atoms with van der Waals surface area (Å²) in [6.07, 6.45) is 5.78. The van der Waals surface area contributed by atoms with E-state index in [1.807, 2.05) is 12.1 Å². The minimum absolute atomic E-state index is 0.381. The van der Waals surface area contributed by atoms with Crippen LogP contribution in [0.15, 0.2) is 54.7 Å². The molecule has 0 fully saturated rings. The Morgan fingerprint density at radius 1 is 1.12 bits per heavy atom. The Balaban J connectivity index is 1.51. The number of anilines is 2. The van der Waals surface area contributed by atoms with Crippen LogP contribution < -0.4 is 14.4 Å². The largest absolute Gasteiger partial charge is 0.490 e. The Hall–Kier alpha value is -3.39. The van der Waals surface area contributed by atoms with Crippen molar-refractivity contribution in [3.8, 4) is 17.0 Å². The van der Waals surface area contributed by atoms with Crippen LogP contribution in [0.1, 0.15) is 30.8 Å². The zero-order valence-corrected chi connectivity index (χ0v) is 19.7. The van der Waals surface area contributed by atoms with E-state index in [4.69, 9.17) is 9.72 Å². The van der Waals surface area contributed by atoms with Gasteiger partial charge in [0.05, 0.1) is 41.8 Å². The van der Waals surface area contributed by atoms with E-state index in [1.165, 1.54) is 0 Å². The summed E-state index contributed by atoms with van der Waals surface area (Å²) in [4.78, 5) is 12.0. The van der Waals surface area contributed by atoms with Gasteiger partial charge in [0.15, 0.2) is 0 Å². The highest BCUT2D eigenvalue weighted by Gasteiger charge is 2.24. The van der Waals surface area contributed by atoms with Gasteiger partial charge in [0.2, 0.25) is 10.0 Å². The van der Waals surface area contributed by atoms with E-state index in [0.717, 1.165) is 58.7 Å². The first kappa shape index (κ1) is 21.5. The number of ether oxygens (including phenoxy) is 1. The molecular weight excluding hydrogens is 436 g/mol. The van der Waals surface area contributed by atoms with E-state index in [2.05, 4.69) is 46.7 Å². The SMILES string of the molecule is CC(C)N1CCOc2ccc(C3=CCc4ncc(-c5cccc(NS(C)(=O)=O)c5)nc43)cc21. The molecule has 2 aromatic carbocycles. The van der Waals surface area contributed by atoms with Crippen LogP contribution in [0, 0.1) is 0 Å². The molecule has 1 aliphatic heterocycles. The highest BCUT2D eigenvalue weighted by Crippen LogP contribution is 2.39. The fourth-order valence-electron chi connectivity index (χ4n) is 4.37. The molecular formula is C25H26N4O3S. The van der Waals surface area contributed by atoms with Crippen molar-refractivity contribution in [2.24, 2.45) is 0 Å².